The van der Waals surface area contributed by atoms with Crippen molar-refractivity contribution in [1.82, 2.24) is 0 Å². The number of benzene rings is 2. The third-order valence-corrected chi connectivity index (χ3v) is 6.68. The Morgan fingerprint density at radius 1 is 0.889 bits per heavy atom. The predicted octanol–water partition coefficient (Wildman–Crippen LogP) is 7.46. The van der Waals surface area contributed by atoms with Crippen molar-refractivity contribution in [2.24, 2.45) is 17.8 Å². The first-order valence-electron chi connectivity index (χ1n) is 9.73. The molecule has 0 amide bonds. The van der Waals surface area contributed by atoms with Gasteiger partial charge in [-0.25, -0.2) is 8.78 Å². The SMILES string of the molecule is CC1CCC2CC(c3ccc4c(F)c(C(F)(F)F)c(F)cc4c3)CCC2C1. The Bertz CT molecular complexity index is 854. The van der Waals surface area contributed by atoms with Crippen LogP contribution in [0, 0.1) is 29.4 Å². The van der Waals surface area contributed by atoms with Crippen LogP contribution in [-0.4, -0.2) is 0 Å². The van der Waals surface area contributed by atoms with E-state index in [2.05, 4.69) is 6.92 Å². The molecule has 0 bridgehead atoms. The summed E-state index contributed by atoms with van der Waals surface area (Å²) < 4.78 is 67.0. The van der Waals surface area contributed by atoms with E-state index in [9.17, 15) is 22.0 Å². The molecule has 4 atom stereocenters. The second kappa shape index (κ2) is 6.75. The predicted molar refractivity (Wildman–Crippen MR) is 95.5 cm³/mol. The molecule has 4 unspecified atom stereocenters. The fourth-order valence-electron chi connectivity index (χ4n) is 5.29. The molecule has 0 spiro atoms. The molecule has 2 fully saturated rings. The van der Waals surface area contributed by atoms with Gasteiger partial charge in [0.05, 0.1) is 0 Å². The lowest BCUT2D eigenvalue weighted by molar-refractivity contribution is -0.142. The van der Waals surface area contributed by atoms with Gasteiger partial charge < -0.3 is 0 Å². The van der Waals surface area contributed by atoms with Crippen molar-refractivity contribution in [3.05, 3.63) is 47.0 Å². The van der Waals surface area contributed by atoms with Gasteiger partial charge in [-0.1, -0.05) is 31.5 Å². The van der Waals surface area contributed by atoms with Crippen LogP contribution in [0.1, 0.15) is 62.5 Å². The summed E-state index contributed by atoms with van der Waals surface area (Å²) in [5.41, 5.74) is -0.822. The molecule has 0 aliphatic heterocycles. The maximum atomic E-state index is 14.3. The molecule has 0 N–H and O–H groups in total. The molecule has 2 saturated carbocycles. The topological polar surface area (TPSA) is 0 Å². The van der Waals surface area contributed by atoms with Crippen molar-refractivity contribution in [2.75, 3.05) is 0 Å². The Morgan fingerprint density at radius 2 is 1.59 bits per heavy atom. The maximum absolute atomic E-state index is 14.3. The van der Waals surface area contributed by atoms with Gasteiger partial charge in [0.15, 0.2) is 0 Å². The van der Waals surface area contributed by atoms with Gasteiger partial charge in [0.2, 0.25) is 0 Å². The minimum Gasteiger partial charge on any atom is -0.206 e. The average molecular weight is 382 g/mol. The van der Waals surface area contributed by atoms with Gasteiger partial charge in [-0.15, -0.1) is 0 Å². The summed E-state index contributed by atoms with van der Waals surface area (Å²) in [6.07, 6.45) is 1.98. The van der Waals surface area contributed by atoms with E-state index in [1.54, 1.807) is 12.1 Å². The van der Waals surface area contributed by atoms with Crippen molar-refractivity contribution in [2.45, 2.75) is 57.5 Å². The van der Waals surface area contributed by atoms with Gasteiger partial charge in [-0.05, 0) is 72.8 Å². The van der Waals surface area contributed by atoms with Crippen LogP contribution in [0.15, 0.2) is 24.3 Å². The van der Waals surface area contributed by atoms with Crippen LogP contribution in [0.5, 0.6) is 0 Å². The van der Waals surface area contributed by atoms with Crippen molar-refractivity contribution in [1.29, 1.82) is 0 Å². The molecule has 0 nitrogen and oxygen atoms in total. The van der Waals surface area contributed by atoms with Gasteiger partial charge in [-0.2, -0.15) is 13.2 Å². The lowest BCUT2D eigenvalue weighted by atomic mass is 9.64. The molecular formula is C22H23F5. The lowest BCUT2D eigenvalue weighted by Gasteiger charge is -2.41. The standard InChI is InChI=1S/C22H23F5/c1-12-2-3-14-9-15(5-4-13(14)8-12)16-6-7-18-17(10-16)11-19(23)20(21(18)24)22(25,26)27/h6-7,10-15H,2-5,8-9H2,1H3. The van der Waals surface area contributed by atoms with Gasteiger partial charge in [0.25, 0.3) is 0 Å². The van der Waals surface area contributed by atoms with Crippen LogP contribution in [0.3, 0.4) is 0 Å². The fraction of sp³-hybridized carbons (Fsp3) is 0.545. The zero-order chi connectivity index (χ0) is 19.3. The van der Waals surface area contributed by atoms with E-state index in [4.69, 9.17) is 0 Å². The molecule has 5 heteroatoms. The highest BCUT2D eigenvalue weighted by Crippen LogP contribution is 2.48. The van der Waals surface area contributed by atoms with E-state index >= 15 is 0 Å². The van der Waals surface area contributed by atoms with E-state index in [1.165, 1.54) is 25.3 Å². The fourth-order valence-corrected chi connectivity index (χ4v) is 5.29. The van der Waals surface area contributed by atoms with E-state index in [0.29, 0.717) is 11.8 Å². The van der Waals surface area contributed by atoms with Crippen molar-refractivity contribution in [3.63, 3.8) is 0 Å². The van der Waals surface area contributed by atoms with Crippen molar-refractivity contribution < 1.29 is 22.0 Å². The second-order valence-electron chi connectivity index (χ2n) is 8.47. The van der Waals surface area contributed by atoms with Gasteiger partial charge in [0.1, 0.15) is 17.2 Å². The summed E-state index contributed by atoms with van der Waals surface area (Å²) >= 11 is 0. The Balaban J connectivity index is 1.65. The molecule has 27 heavy (non-hydrogen) atoms. The normalized spacial score (nSPS) is 29.0. The molecule has 0 saturated heterocycles. The maximum Gasteiger partial charge on any atom is 0.422 e. The van der Waals surface area contributed by atoms with Gasteiger partial charge >= 0.3 is 6.18 Å². The molecular weight excluding hydrogens is 359 g/mol. The Hall–Kier alpha value is -1.65. The quantitative estimate of drug-likeness (QED) is 0.449. The van der Waals surface area contributed by atoms with Crippen LogP contribution < -0.4 is 0 Å². The third-order valence-electron chi connectivity index (χ3n) is 6.68. The highest BCUT2D eigenvalue weighted by molar-refractivity contribution is 5.85. The van der Waals surface area contributed by atoms with Crippen molar-refractivity contribution in [3.8, 4) is 0 Å². The summed E-state index contributed by atoms with van der Waals surface area (Å²) in [5, 5.41) is 0.0301. The number of hydrogen-bond acceptors (Lipinski definition) is 0. The van der Waals surface area contributed by atoms with Gasteiger partial charge in [0, 0.05) is 5.39 Å². The van der Waals surface area contributed by atoms with Crippen LogP contribution in [0.4, 0.5) is 22.0 Å². The minimum atomic E-state index is -5.04. The van der Waals surface area contributed by atoms with Crippen LogP contribution in [0.25, 0.3) is 10.8 Å². The Kier molecular flexibility index (Phi) is 4.68. The zero-order valence-electron chi connectivity index (χ0n) is 15.3. The molecule has 4 rings (SSSR count). The summed E-state index contributed by atoms with van der Waals surface area (Å²) in [6, 6.07) is 5.60. The summed E-state index contributed by atoms with van der Waals surface area (Å²) in [5.74, 6) is -0.496. The third kappa shape index (κ3) is 3.45. The molecule has 2 aliphatic rings. The molecule has 2 aromatic carbocycles. The Labute approximate surface area is 155 Å². The molecule has 146 valence electrons. The van der Waals surface area contributed by atoms with E-state index in [0.717, 1.165) is 42.7 Å². The van der Waals surface area contributed by atoms with Crippen LogP contribution in [-0.2, 0) is 6.18 Å². The first kappa shape index (κ1) is 18.7. The highest BCUT2D eigenvalue weighted by atomic mass is 19.4. The Morgan fingerprint density at radius 3 is 2.33 bits per heavy atom. The highest BCUT2D eigenvalue weighted by Gasteiger charge is 2.39. The van der Waals surface area contributed by atoms with Crippen LogP contribution in [0.2, 0.25) is 0 Å². The first-order valence-corrected chi connectivity index (χ1v) is 9.73. The number of fused-ring (bicyclic) bond motifs is 2. The minimum absolute atomic E-state index is 0.173. The summed E-state index contributed by atoms with van der Waals surface area (Å²) in [4.78, 5) is 0. The van der Waals surface area contributed by atoms with E-state index in [-0.39, 0.29) is 10.8 Å². The lowest BCUT2D eigenvalue weighted by Crippen LogP contribution is -2.29. The molecule has 0 aromatic heterocycles. The largest absolute Gasteiger partial charge is 0.422 e. The average Bonchev–Trinajstić information content (AvgIpc) is 2.59. The van der Waals surface area contributed by atoms with E-state index in [1.807, 2.05) is 0 Å². The smallest absolute Gasteiger partial charge is 0.206 e. The first-order chi connectivity index (χ1) is 12.7. The molecule has 2 aliphatic carbocycles. The van der Waals surface area contributed by atoms with E-state index < -0.39 is 23.4 Å². The zero-order valence-corrected chi connectivity index (χ0v) is 15.3. The number of halogens is 5. The number of rotatable bonds is 1. The monoisotopic (exact) mass is 382 g/mol. The summed E-state index contributed by atoms with van der Waals surface area (Å²) in [7, 11) is 0. The van der Waals surface area contributed by atoms with Gasteiger partial charge in [-0.3, -0.25) is 0 Å². The molecule has 0 radical (unpaired) electrons. The number of alkyl halides is 3. The number of hydrogen-bond donors (Lipinski definition) is 0. The van der Waals surface area contributed by atoms with Crippen molar-refractivity contribution >= 4 is 10.8 Å². The summed E-state index contributed by atoms with van der Waals surface area (Å²) in [6.45, 7) is 2.31. The second-order valence-corrected chi connectivity index (χ2v) is 8.47. The molecule has 2 aromatic rings. The van der Waals surface area contributed by atoms with Crippen LogP contribution >= 0.6 is 0 Å². The molecule has 0 heterocycles.